The lowest BCUT2D eigenvalue weighted by molar-refractivity contribution is 0.208. The van der Waals surface area contributed by atoms with Crippen molar-refractivity contribution in [2.24, 2.45) is 5.92 Å². The van der Waals surface area contributed by atoms with Crippen LogP contribution in [0.5, 0.6) is 0 Å². The molecule has 0 spiro atoms. The molecule has 1 fully saturated rings. The Morgan fingerprint density at radius 3 is 3.05 bits per heavy atom. The fourth-order valence-electron chi connectivity index (χ4n) is 3.30. The zero-order valence-corrected chi connectivity index (χ0v) is 13.6. The lowest BCUT2D eigenvalue weighted by Crippen LogP contribution is -2.33. The first kappa shape index (κ1) is 15.2. The Labute approximate surface area is 132 Å². The van der Waals surface area contributed by atoms with Crippen LogP contribution in [0.1, 0.15) is 31.9 Å². The van der Waals surface area contributed by atoms with E-state index in [1.807, 2.05) is 29.3 Å². The van der Waals surface area contributed by atoms with Crippen LogP contribution in [0, 0.1) is 5.92 Å². The van der Waals surface area contributed by atoms with Crippen molar-refractivity contribution in [1.29, 1.82) is 0 Å². The van der Waals surface area contributed by atoms with Gasteiger partial charge in [-0.2, -0.15) is 5.10 Å². The lowest BCUT2D eigenvalue weighted by atomic mass is 9.94. The number of aromatic nitrogens is 4. The number of likely N-dealkylation sites (tertiary alicyclic amines) is 1. The smallest absolute Gasteiger partial charge is 0.107 e. The highest BCUT2D eigenvalue weighted by molar-refractivity contribution is 5.52. The molecule has 0 aliphatic carbocycles. The van der Waals surface area contributed by atoms with Gasteiger partial charge < -0.3 is 4.90 Å². The van der Waals surface area contributed by atoms with E-state index in [4.69, 9.17) is 4.98 Å². The molecule has 5 heteroatoms. The number of aryl methyl sites for hydroxylation is 1. The van der Waals surface area contributed by atoms with Gasteiger partial charge in [0.25, 0.3) is 0 Å². The van der Waals surface area contributed by atoms with Gasteiger partial charge in [0, 0.05) is 25.5 Å². The van der Waals surface area contributed by atoms with Crippen molar-refractivity contribution in [2.75, 3.05) is 20.1 Å². The SMILES string of the molecule is CCCn1nccc1-c1cncc(CC2CCCN(C)C2)n1. The van der Waals surface area contributed by atoms with Crippen LogP contribution in [0.25, 0.3) is 11.4 Å². The predicted molar refractivity (Wildman–Crippen MR) is 87.5 cm³/mol. The molecule has 0 bridgehead atoms. The van der Waals surface area contributed by atoms with Crippen LogP contribution in [0.3, 0.4) is 0 Å². The van der Waals surface area contributed by atoms with Gasteiger partial charge >= 0.3 is 0 Å². The Morgan fingerprint density at radius 1 is 1.32 bits per heavy atom. The molecule has 0 saturated carbocycles. The Morgan fingerprint density at radius 2 is 2.23 bits per heavy atom. The molecule has 1 atom stereocenters. The number of hydrogen-bond donors (Lipinski definition) is 0. The van der Waals surface area contributed by atoms with E-state index >= 15 is 0 Å². The van der Waals surface area contributed by atoms with E-state index < -0.39 is 0 Å². The average Bonchev–Trinajstić information content (AvgIpc) is 2.96. The maximum Gasteiger partial charge on any atom is 0.107 e. The Balaban J connectivity index is 1.76. The fourth-order valence-corrected chi connectivity index (χ4v) is 3.30. The number of nitrogens with zero attached hydrogens (tertiary/aromatic N) is 5. The zero-order valence-electron chi connectivity index (χ0n) is 13.6. The standard InChI is InChI=1S/C17H25N5/c1-3-8-22-17(6-7-19-22)16-12-18-11-15(20-16)10-14-5-4-9-21(2)13-14/h6-7,11-12,14H,3-5,8-10,13H2,1-2H3. The first-order valence-corrected chi connectivity index (χ1v) is 8.28. The largest absolute Gasteiger partial charge is 0.306 e. The summed E-state index contributed by atoms with van der Waals surface area (Å²) in [6, 6.07) is 2.03. The second kappa shape index (κ2) is 7.01. The molecule has 1 aliphatic rings. The molecule has 0 N–H and O–H groups in total. The van der Waals surface area contributed by atoms with E-state index in [0.717, 1.165) is 36.5 Å². The molecule has 0 amide bonds. The fraction of sp³-hybridized carbons (Fsp3) is 0.588. The van der Waals surface area contributed by atoms with Gasteiger partial charge in [-0.1, -0.05) is 6.92 Å². The highest BCUT2D eigenvalue weighted by atomic mass is 15.3. The minimum Gasteiger partial charge on any atom is -0.306 e. The van der Waals surface area contributed by atoms with Gasteiger partial charge in [-0.15, -0.1) is 0 Å². The van der Waals surface area contributed by atoms with Crippen LogP contribution in [-0.2, 0) is 13.0 Å². The van der Waals surface area contributed by atoms with E-state index in [2.05, 4.69) is 29.0 Å². The van der Waals surface area contributed by atoms with Crippen molar-refractivity contribution < 1.29 is 0 Å². The van der Waals surface area contributed by atoms with Crippen molar-refractivity contribution in [1.82, 2.24) is 24.6 Å². The third kappa shape index (κ3) is 3.53. The summed E-state index contributed by atoms with van der Waals surface area (Å²) in [5, 5.41) is 4.38. The highest BCUT2D eigenvalue weighted by Gasteiger charge is 2.18. The second-order valence-electron chi connectivity index (χ2n) is 6.31. The second-order valence-corrected chi connectivity index (χ2v) is 6.31. The summed E-state index contributed by atoms with van der Waals surface area (Å²) in [7, 11) is 2.21. The van der Waals surface area contributed by atoms with Crippen LogP contribution in [0.2, 0.25) is 0 Å². The predicted octanol–water partition coefficient (Wildman–Crippen LogP) is 2.63. The zero-order chi connectivity index (χ0) is 15.4. The summed E-state index contributed by atoms with van der Waals surface area (Å²) in [6.45, 7) is 5.47. The van der Waals surface area contributed by atoms with E-state index in [0.29, 0.717) is 5.92 Å². The molecule has 1 saturated heterocycles. The van der Waals surface area contributed by atoms with E-state index in [1.54, 1.807) is 0 Å². The van der Waals surface area contributed by atoms with Crippen molar-refractivity contribution in [2.45, 2.75) is 39.2 Å². The molecule has 118 valence electrons. The number of piperidine rings is 1. The van der Waals surface area contributed by atoms with Crippen LogP contribution < -0.4 is 0 Å². The monoisotopic (exact) mass is 299 g/mol. The summed E-state index contributed by atoms with van der Waals surface area (Å²) < 4.78 is 2.02. The van der Waals surface area contributed by atoms with Crippen LogP contribution in [-0.4, -0.2) is 44.8 Å². The molecular weight excluding hydrogens is 274 g/mol. The molecule has 3 heterocycles. The van der Waals surface area contributed by atoms with Gasteiger partial charge in [-0.25, -0.2) is 4.98 Å². The molecule has 0 radical (unpaired) electrons. The van der Waals surface area contributed by atoms with Crippen LogP contribution >= 0.6 is 0 Å². The van der Waals surface area contributed by atoms with Crippen molar-refractivity contribution in [3.05, 3.63) is 30.4 Å². The quantitative estimate of drug-likeness (QED) is 0.851. The van der Waals surface area contributed by atoms with Crippen molar-refractivity contribution >= 4 is 0 Å². The van der Waals surface area contributed by atoms with Crippen LogP contribution in [0.4, 0.5) is 0 Å². The first-order chi connectivity index (χ1) is 10.8. The molecule has 22 heavy (non-hydrogen) atoms. The van der Waals surface area contributed by atoms with Gasteiger partial charge in [0.1, 0.15) is 5.69 Å². The number of hydrogen-bond acceptors (Lipinski definition) is 4. The Bertz CT molecular complexity index is 607. The summed E-state index contributed by atoms with van der Waals surface area (Å²) in [4.78, 5) is 11.7. The minimum atomic E-state index is 0.698. The van der Waals surface area contributed by atoms with E-state index in [1.165, 1.54) is 25.9 Å². The molecule has 1 unspecified atom stereocenters. The maximum absolute atomic E-state index is 4.84. The average molecular weight is 299 g/mol. The van der Waals surface area contributed by atoms with Gasteiger partial charge in [-0.3, -0.25) is 9.67 Å². The molecule has 2 aromatic heterocycles. The molecule has 3 rings (SSSR count). The van der Waals surface area contributed by atoms with Crippen LogP contribution in [0.15, 0.2) is 24.7 Å². The highest BCUT2D eigenvalue weighted by Crippen LogP contribution is 2.21. The van der Waals surface area contributed by atoms with E-state index in [9.17, 15) is 0 Å². The number of rotatable bonds is 5. The van der Waals surface area contributed by atoms with Gasteiger partial charge in [0.05, 0.1) is 17.6 Å². The molecule has 1 aliphatic heterocycles. The third-order valence-corrected chi connectivity index (χ3v) is 4.32. The summed E-state index contributed by atoms with van der Waals surface area (Å²) in [5.41, 5.74) is 3.10. The van der Waals surface area contributed by atoms with Crippen molar-refractivity contribution in [3.8, 4) is 11.4 Å². The third-order valence-electron chi connectivity index (χ3n) is 4.32. The molecule has 2 aromatic rings. The lowest BCUT2D eigenvalue weighted by Gasteiger charge is -2.29. The first-order valence-electron chi connectivity index (χ1n) is 8.28. The minimum absolute atomic E-state index is 0.698. The summed E-state index contributed by atoms with van der Waals surface area (Å²) >= 11 is 0. The topological polar surface area (TPSA) is 46.8 Å². The Hall–Kier alpha value is -1.75. The molecule has 0 aromatic carbocycles. The Kier molecular flexibility index (Phi) is 4.83. The maximum atomic E-state index is 4.84. The summed E-state index contributed by atoms with van der Waals surface area (Å²) in [5.74, 6) is 0.698. The van der Waals surface area contributed by atoms with Gasteiger partial charge in [0.15, 0.2) is 0 Å². The molecule has 5 nitrogen and oxygen atoms in total. The normalized spacial score (nSPS) is 19.5. The van der Waals surface area contributed by atoms with Gasteiger partial charge in [0.2, 0.25) is 0 Å². The van der Waals surface area contributed by atoms with E-state index in [-0.39, 0.29) is 0 Å². The van der Waals surface area contributed by atoms with Gasteiger partial charge in [-0.05, 0) is 51.3 Å². The summed E-state index contributed by atoms with van der Waals surface area (Å²) in [6.07, 6.45) is 10.3. The van der Waals surface area contributed by atoms with Crippen molar-refractivity contribution in [3.63, 3.8) is 0 Å². The molecular formula is C17H25N5.